The number of alkyl halides is 4. The van der Waals surface area contributed by atoms with Crippen LogP contribution in [0.1, 0.15) is 16.8 Å². The molecule has 0 aliphatic rings. The van der Waals surface area contributed by atoms with Crippen molar-refractivity contribution in [2.24, 2.45) is 0 Å². The maximum Gasteiger partial charge on any atom is 0.390 e. The number of benzene rings is 1. The number of hydrogen-bond acceptors (Lipinski definition) is 3. The minimum absolute atomic E-state index is 0.230. The molecule has 0 heterocycles. The Bertz CT molecular complexity index is 435. The van der Waals surface area contributed by atoms with Crippen LogP contribution in [0.15, 0.2) is 12.1 Å². The van der Waals surface area contributed by atoms with Gasteiger partial charge < -0.3 is 14.2 Å². The third kappa shape index (κ3) is 3.92. The van der Waals surface area contributed by atoms with Gasteiger partial charge in [-0.2, -0.15) is 13.2 Å². The smallest absolute Gasteiger partial charge is 0.390 e. The minimum atomic E-state index is -4.27. The molecule has 1 atom stereocenters. The maximum absolute atomic E-state index is 12.4. The van der Waals surface area contributed by atoms with E-state index in [1.165, 1.54) is 27.4 Å². The monoisotopic (exact) mass is 342 g/mol. The highest BCUT2D eigenvalue weighted by Gasteiger charge is 2.33. The molecule has 1 rings (SSSR count). The van der Waals surface area contributed by atoms with Crippen molar-refractivity contribution in [2.75, 3.05) is 21.3 Å². The first kappa shape index (κ1) is 15.9. The minimum Gasteiger partial charge on any atom is -0.493 e. The summed E-state index contributed by atoms with van der Waals surface area (Å²) >= 11 is 3.03. The van der Waals surface area contributed by atoms with Crippen molar-refractivity contribution >= 4 is 15.9 Å². The molecule has 0 amide bonds. The fourth-order valence-corrected chi connectivity index (χ4v) is 2.41. The fourth-order valence-electron chi connectivity index (χ4n) is 1.68. The van der Waals surface area contributed by atoms with Crippen molar-refractivity contribution < 1.29 is 27.4 Å². The molecule has 0 saturated heterocycles. The highest BCUT2D eigenvalue weighted by molar-refractivity contribution is 9.09. The molecule has 7 heteroatoms. The fraction of sp³-hybridized carbons (Fsp3) is 0.500. The van der Waals surface area contributed by atoms with E-state index in [4.69, 9.17) is 14.2 Å². The summed E-state index contributed by atoms with van der Waals surface area (Å²) in [5.74, 6) is 0.900. The summed E-state index contributed by atoms with van der Waals surface area (Å²) in [5.41, 5.74) is 0.359. The number of rotatable bonds is 5. The van der Waals surface area contributed by atoms with Crippen LogP contribution < -0.4 is 14.2 Å². The van der Waals surface area contributed by atoms with Gasteiger partial charge in [0, 0.05) is 5.56 Å². The van der Waals surface area contributed by atoms with Crippen molar-refractivity contribution in [1.29, 1.82) is 0 Å². The zero-order valence-corrected chi connectivity index (χ0v) is 12.3. The molecule has 0 fully saturated rings. The van der Waals surface area contributed by atoms with E-state index in [1.807, 2.05) is 0 Å². The molecule has 108 valence electrons. The lowest BCUT2D eigenvalue weighted by Gasteiger charge is -2.19. The van der Waals surface area contributed by atoms with Gasteiger partial charge in [0.05, 0.1) is 32.6 Å². The summed E-state index contributed by atoms with van der Waals surface area (Å²) in [6, 6.07) is 3.06. The Balaban J connectivity index is 3.21. The van der Waals surface area contributed by atoms with Crippen molar-refractivity contribution in [3.8, 4) is 17.2 Å². The van der Waals surface area contributed by atoms with E-state index in [9.17, 15) is 13.2 Å². The summed E-state index contributed by atoms with van der Waals surface area (Å²) in [6.45, 7) is 0. The van der Waals surface area contributed by atoms with Crippen molar-refractivity contribution in [2.45, 2.75) is 17.4 Å². The van der Waals surface area contributed by atoms with Crippen LogP contribution in [-0.2, 0) is 0 Å². The molecular weight excluding hydrogens is 329 g/mol. The Morgan fingerprint density at radius 2 is 1.63 bits per heavy atom. The Hall–Kier alpha value is -1.11. The molecule has 0 aliphatic carbocycles. The van der Waals surface area contributed by atoms with Crippen LogP contribution in [0.4, 0.5) is 13.2 Å². The number of methoxy groups -OCH3 is 3. The standard InChI is InChI=1S/C12H14BrF3O3/c1-17-9-5-4-7(8(13)6-12(14,15)16)10(18-2)11(9)19-3/h4-5,8H,6H2,1-3H3. The first-order valence-corrected chi connectivity index (χ1v) is 6.25. The molecule has 0 aromatic heterocycles. The molecule has 1 unspecified atom stereocenters. The first-order chi connectivity index (χ1) is 8.84. The molecule has 3 nitrogen and oxygen atoms in total. The van der Waals surface area contributed by atoms with E-state index in [0.717, 1.165) is 0 Å². The summed E-state index contributed by atoms with van der Waals surface area (Å²) in [6.07, 6.45) is -5.27. The van der Waals surface area contributed by atoms with Gasteiger partial charge in [0.2, 0.25) is 5.75 Å². The number of halogens is 4. The predicted molar refractivity (Wildman–Crippen MR) is 68.4 cm³/mol. The van der Waals surface area contributed by atoms with Gasteiger partial charge in [-0.25, -0.2) is 0 Å². The van der Waals surface area contributed by atoms with Crippen LogP contribution >= 0.6 is 15.9 Å². The maximum atomic E-state index is 12.4. The van der Waals surface area contributed by atoms with E-state index < -0.39 is 17.4 Å². The lowest BCUT2D eigenvalue weighted by molar-refractivity contribution is -0.134. The van der Waals surface area contributed by atoms with Gasteiger partial charge >= 0.3 is 6.18 Å². The molecule has 0 N–H and O–H groups in total. The van der Waals surface area contributed by atoms with Gasteiger partial charge in [-0.1, -0.05) is 22.0 Å². The highest BCUT2D eigenvalue weighted by Crippen LogP contribution is 2.46. The van der Waals surface area contributed by atoms with Gasteiger partial charge in [-0.3, -0.25) is 0 Å². The lowest BCUT2D eigenvalue weighted by Crippen LogP contribution is -2.11. The Kier molecular flexibility index (Phi) is 5.34. The molecule has 0 aliphatic heterocycles. The van der Waals surface area contributed by atoms with E-state index in [2.05, 4.69) is 15.9 Å². The average Bonchev–Trinajstić information content (AvgIpc) is 2.34. The largest absolute Gasteiger partial charge is 0.493 e. The van der Waals surface area contributed by atoms with Crippen molar-refractivity contribution in [3.63, 3.8) is 0 Å². The normalized spacial score (nSPS) is 13.0. The summed E-state index contributed by atoms with van der Waals surface area (Å²) < 4.78 is 52.6. The predicted octanol–water partition coefficient (Wildman–Crippen LogP) is 4.10. The third-order valence-electron chi connectivity index (χ3n) is 2.48. The zero-order valence-electron chi connectivity index (χ0n) is 10.7. The average molecular weight is 343 g/mol. The van der Waals surface area contributed by atoms with Gasteiger partial charge in [0.15, 0.2) is 11.5 Å². The van der Waals surface area contributed by atoms with Crippen LogP contribution in [0.2, 0.25) is 0 Å². The van der Waals surface area contributed by atoms with Crippen LogP contribution in [0.25, 0.3) is 0 Å². The van der Waals surface area contributed by atoms with E-state index in [1.54, 1.807) is 6.07 Å². The van der Waals surface area contributed by atoms with Gasteiger partial charge in [0.25, 0.3) is 0 Å². The second-order valence-electron chi connectivity index (χ2n) is 3.71. The number of hydrogen-bond donors (Lipinski definition) is 0. The van der Waals surface area contributed by atoms with E-state index in [0.29, 0.717) is 11.3 Å². The van der Waals surface area contributed by atoms with Crippen LogP contribution in [0.5, 0.6) is 17.2 Å². The molecular formula is C12H14BrF3O3. The molecule has 0 radical (unpaired) electrons. The van der Waals surface area contributed by atoms with Crippen LogP contribution in [-0.4, -0.2) is 27.5 Å². The first-order valence-electron chi connectivity index (χ1n) is 5.33. The SMILES string of the molecule is COc1ccc(C(Br)CC(F)(F)F)c(OC)c1OC. The Morgan fingerprint density at radius 1 is 1.05 bits per heavy atom. The van der Waals surface area contributed by atoms with Gasteiger partial charge in [0.1, 0.15) is 0 Å². The van der Waals surface area contributed by atoms with Crippen LogP contribution in [0.3, 0.4) is 0 Å². The Morgan fingerprint density at radius 3 is 2.05 bits per heavy atom. The van der Waals surface area contributed by atoms with E-state index >= 15 is 0 Å². The zero-order chi connectivity index (χ0) is 14.6. The lowest BCUT2D eigenvalue weighted by atomic mass is 10.1. The molecule has 0 bridgehead atoms. The van der Waals surface area contributed by atoms with Gasteiger partial charge in [-0.15, -0.1) is 0 Å². The van der Waals surface area contributed by atoms with Crippen molar-refractivity contribution in [3.05, 3.63) is 17.7 Å². The van der Waals surface area contributed by atoms with Crippen molar-refractivity contribution in [1.82, 2.24) is 0 Å². The topological polar surface area (TPSA) is 27.7 Å². The van der Waals surface area contributed by atoms with E-state index in [-0.39, 0.29) is 11.5 Å². The second kappa shape index (κ2) is 6.36. The molecule has 0 saturated carbocycles. The summed E-state index contributed by atoms with van der Waals surface area (Å²) in [5, 5.41) is 0. The molecule has 0 spiro atoms. The number of ether oxygens (including phenoxy) is 3. The van der Waals surface area contributed by atoms with Gasteiger partial charge in [-0.05, 0) is 6.07 Å². The summed E-state index contributed by atoms with van der Waals surface area (Å²) in [4.78, 5) is -0.915. The molecule has 19 heavy (non-hydrogen) atoms. The van der Waals surface area contributed by atoms with Crippen LogP contribution in [0, 0.1) is 0 Å². The Labute approximate surface area is 117 Å². The summed E-state index contributed by atoms with van der Waals surface area (Å²) in [7, 11) is 4.21. The molecule has 1 aromatic rings. The second-order valence-corrected chi connectivity index (χ2v) is 4.82. The third-order valence-corrected chi connectivity index (χ3v) is 3.30. The molecule has 1 aromatic carbocycles. The highest BCUT2D eigenvalue weighted by atomic mass is 79.9. The quantitative estimate of drug-likeness (QED) is 0.754.